The molecule has 260 valence electrons. The van der Waals surface area contributed by atoms with Crippen LogP contribution in [0.15, 0.2) is 48.9 Å². The van der Waals surface area contributed by atoms with Crippen LogP contribution in [-0.4, -0.2) is 38.8 Å². The average Bonchev–Trinajstić information content (AvgIpc) is 3.58. The fraction of sp³-hybridized carbons (Fsp3) is 0.550. The quantitative estimate of drug-likeness (QED) is 0.204. The standard InChI is InChI=1S/C40H51N5O4/c1-37-15-5-17-39(3,32(37)13-9-24-7-11-26(19-29(24)37)44-34(47)31(41)20-27-22-42-23-43-27)35(48)45-36(49)40(4)18-6-16-38(2)30-21-28(46)12-8-25(30)10-14-33(38)40/h7-8,11-12,19,21-23,31-33,46H,5-6,9-10,13-18,20,41H2,1-4H3,(H,42,43)(H,44,47)(H,45,48,49)/t31-,32+,33+,37+,38+,39-,40-/m0/s1. The Balaban J connectivity index is 1.10. The van der Waals surface area contributed by atoms with Gasteiger partial charge in [0.25, 0.3) is 0 Å². The maximum atomic E-state index is 14.5. The Hall–Kier alpha value is -3.98. The number of aromatic nitrogens is 2. The van der Waals surface area contributed by atoms with Crippen LogP contribution >= 0.6 is 0 Å². The van der Waals surface area contributed by atoms with Crippen LogP contribution in [0.5, 0.6) is 5.75 Å². The molecule has 7 rings (SSSR count). The monoisotopic (exact) mass is 665 g/mol. The number of benzene rings is 2. The molecule has 2 fully saturated rings. The van der Waals surface area contributed by atoms with Gasteiger partial charge in [0, 0.05) is 24.0 Å². The van der Waals surface area contributed by atoms with Crippen LogP contribution in [0.3, 0.4) is 0 Å². The summed E-state index contributed by atoms with van der Waals surface area (Å²) >= 11 is 0. The fourth-order valence-corrected chi connectivity index (χ4v) is 10.9. The first-order chi connectivity index (χ1) is 23.3. The topological polar surface area (TPSA) is 150 Å². The van der Waals surface area contributed by atoms with E-state index in [1.54, 1.807) is 18.6 Å². The van der Waals surface area contributed by atoms with E-state index in [-0.39, 0.29) is 46.1 Å². The number of anilines is 1. The Morgan fingerprint density at radius 1 is 0.878 bits per heavy atom. The third-order valence-electron chi connectivity index (χ3n) is 13.6. The third kappa shape index (κ3) is 5.49. The van der Waals surface area contributed by atoms with Crippen molar-refractivity contribution in [2.24, 2.45) is 28.4 Å². The van der Waals surface area contributed by atoms with E-state index in [4.69, 9.17) is 5.73 Å². The highest BCUT2D eigenvalue weighted by atomic mass is 16.3. The Kier molecular flexibility index (Phi) is 8.28. The summed E-state index contributed by atoms with van der Waals surface area (Å²) in [5.41, 5.74) is 10.6. The maximum Gasteiger partial charge on any atom is 0.241 e. The summed E-state index contributed by atoms with van der Waals surface area (Å²) in [4.78, 5) is 48.9. The van der Waals surface area contributed by atoms with Gasteiger partial charge in [-0.15, -0.1) is 0 Å². The number of aromatic hydroxyl groups is 1. The highest BCUT2D eigenvalue weighted by Gasteiger charge is 2.58. The molecule has 2 aromatic carbocycles. The summed E-state index contributed by atoms with van der Waals surface area (Å²) in [7, 11) is 0. The normalized spacial score (nSPS) is 32.4. The number of carbonyl (C=O) groups excluding carboxylic acids is 3. The second-order valence-electron chi connectivity index (χ2n) is 16.4. The predicted octanol–water partition coefficient (Wildman–Crippen LogP) is 5.99. The Bertz CT molecular complexity index is 1790. The minimum Gasteiger partial charge on any atom is -0.508 e. The lowest BCUT2D eigenvalue weighted by Gasteiger charge is -2.56. The number of hydrogen-bond acceptors (Lipinski definition) is 6. The van der Waals surface area contributed by atoms with Crippen LogP contribution in [-0.2, 0) is 44.5 Å². The van der Waals surface area contributed by atoms with E-state index in [9.17, 15) is 19.5 Å². The van der Waals surface area contributed by atoms with Crippen LogP contribution in [0.25, 0.3) is 0 Å². The largest absolute Gasteiger partial charge is 0.508 e. The molecule has 0 aliphatic heterocycles. The van der Waals surface area contributed by atoms with E-state index in [2.05, 4.69) is 60.4 Å². The van der Waals surface area contributed by atoms with E-state index in [0.29, 0.717) is 12.1 Å². The molecular weight excluding hydrogens is 614 g/mol. The van der Waals surface area contributed by atoms with Gasteiger partial charge >= 0.3 is 0 Å². The van der Waals surface area contributed by atoms with Crippen molar-refractivity contribution in [3.8, 4) is 5.75 Å². The molecule has 9 nitrogen and oxygen atoms in total. The van der Waals surface area contributed by atoms with Crippen LogP contribution in [0.2, 0.25) is 0 Å². The van der Waals surface area contributed by atoms with Crippen LogP contribution in [0.4, 0.5) is 5.69 Å². The zero-order valence-corrected chi connectivity index (χ0v) is 29.3. The first-order valence-corrected chi connectivity index (χ1v) is 18.1. The Morgan fingerprint density at radius 3 is 2.02 bits per heavy atom. The second kappa shape index (κ2) is 12.1. The van der Waals surface area contributed by atoms with Crippen molar-refractivity contribution in [1.29, 1.82) is 0 Å². The van der Waals surface area contributed by atoms with Gasteiger partial charge in [0.15, 0.2) is 0 Å². The van der Waals surface area contributed by atoms with Gasteiger partial charge in [-0.3, -0.25) is 19.7 Å². The van der Waals surface area contributed by atoms with Crippen molar-refractivity contribution < 1.29 is 19.5 Å². The van der Waals surface area contributed by atoms with Gasteiger partial charge in [-0.2, -0.15) is 0 Å². The zero-order valence-electron chi connectivity index (χ0n) is 29.3. The Labute approximate surface area is 289 Å². The molecule has 0 saturated heterocycles. The average molecular weight is 666 g/mol. The van der Waals surface area contributed by atoms with E-state index in [1.165, 1.54) is 16.7 Å². The van der Waals surface area contributed by atoms with Gasteiger partial charge < -0.3 is 21.1 Å². The number of fused-ring (bicyclic) bond motifs is 6. The lowest BCUT2D eigenvalue weighted by atomic mass is 9.49. The SMILES string of the molecule is C[C@]1(C(=O)NC(=O)[C@@]2(C)CCC[C@]3(C)c4cc(NC(=O)[C@@H](N)Cc5cnc[nH]5)ccc4CC[C@@H]23)CCC[C@]2(C)c3cc(O)ccc3CC[C@@H]12. The highest BCUT2D eigenvalue weighted by molar-refractivity contribution is 6.01. The maximum absolute atomic E-state index is 14.5. The summed E-state index contributed by atoms with van der Waals surface area (Å²) < 4.78 is 0. The molecule has 4 aliphatic carbocycles. The first kappa shape index (κ1) is 33.5. The molecule has 3 aromatic rings. The fourth-order valence-electron chi connectivity index (χ4n) is 10.9. The van der Waals surface area contributed by atoms with Gasteiger partial charge in [0.05, 0.1) is 23.2 Å². The predicted molar refractivity (Wildman–Crippen MR) is 189 cm³/mol. The van der Waals surface area contributed by atoms with E-state index >= 15 is 0 Å². The van der Waals surface area contributed by atoms with E-state index < -0.39 is 16.9 Å². The number of phenolic OH excluding ortho intramolecular Hbond substituents is 1. The lowest BCUT2D eigenvalue weighted by molar-refractivity contribution is -0.150. The van der Waals surface area contributed by atoms with Gasteiger partial charge in [-0.05, 0) is 121 Å². The summed E-state index contributed by atoms with van der Waals surface area (Å²) in [5.74, 6) is -0.200. The van der Waals surface area contributed by atoms with Crippen molar-refractivity contribution in [2.75, 3.05) is 5.32 Å². The number of rotatable bonds is 6. The number of amides is 3. The number of H-pyrrole nitrogens is 1. The molecule has 7 atom stereocenters. The molecule has 0 bridgehead atoms. The van der Waals surface area contributed by atoms with Crippen molar-refractivity contribution in [1.82, 2.24) is 15.3 Å². The minimum absolute atomic E-state index is 0.0385. The van der Waals surface area contributed by atoms with Crippen molar-refractivity contribution in [2.45, 2.75) is 115 Å². The third-order valence-corrected chi connectivity index (χ3v) is 13.6. The number of aryl methyl sites for hydroxylation is 2. The molecule has 4 aliphatic rings. The summed E-state index contributed by atoms with van der Waals surface area (Å²) in [6.45, 7) is 8.64. The molecule has 0 spiro atoms. The number of nitrogens with two attached hydrogens (primary N) is 1. The number of hydrogen-bond donors (Lipinski definition) is 5. The molecule has 3 amide bonds. The van der Waals surface area contributed by atoms with Crippen molar-refractivity contribution in [3.63, 3.8) is 0 Å². The molecule has 0 radical (unpaired) electrons. The number of nitrogens with one attached hydrogen (secondary N) is 3. The van der Waals surface area contributed by atoms with E-state index in [0.717, 1.165) is 75.5 Å². The number of aromatic amines is 1. The molecular formula is C40H51N5O4. The van der Waals surface area contributed by atoms with Gasteiger partial charge in [-0.1, -0.05) is 52.7 Å². The Morgan fingerprint density at radius 2 is 1.45 bits per heavy atom. The smallest absolute Gasteiger partial charge is 0.241 e. The van der Waals surface area contributed by atoms with Gasteiger partial charge in [0.2, 0.25) is 17.7 Å². The van der Waals surface area contributed by atoms with Crippen LogP contribution in [0, 0.1) is 22.7 Å². The van der Waals surface area contributed by atoms with Gasteiger partial charge in [0.1, 0.15) is 5.75 Å². The molecule has 9 heteroatoms. The number of imide groups is 1. The first-order valence-electron chi connectivity index (χ1n) is 18.1. The number of carbonyl (C=O) groups is 3. The number of nitrogens with zero attached hydrogens (tertiary/aromatic N) is 1. The van der Waals surface area contributed by atoms with Crippen molar-refractivity contribution in [3.05, 3.63) is 76.9 Å². The molecule has 2 saturated carbocycles. The molecule has 0 unspecified atom stereocenters. The molecule has 1 heterocycles. The summed E-state index contributed by atoms with van der Waals surface area (Å²) in [6.07, 6.45) is 12.2. The van der Waals surface area contributed by atoms with Crippen LogP contribution < -0.4 is 16.4 Å². The minimum atomic E-state index is -0.724. The number of phenols is 1. The lowest BCUT2D eigenvalue weighted by Crippen LogP contribution is -2.60. The summed E-state index contributed by atoms with van der Waals surface area (Å²) in [6, 6.07) is 11.1. The molecule has 1 aromatic heterocycles. The van der Waals surface area contributed by atoms with Gasteiger partial charge in [-0.25, -0.2) is 4.98 Å². The zero-order chi connectivity index (χ0) is 34.8. The van der Waals surface area contributed by atoms with Crippen molar-refractivity contribution >= 4 is 23.4 Å². The van der Waals surface area contributed by atoms with E-state index in [1.807, 2.05) is 18.2 Å². The highest BCUT2D eigenvalue weighted by Crippen LogP contribution is 2.59. The molecule has 49 heavy (non-hydrogen) atoms. The second-order valence-corrected chi connectivity index (χ2v) is 16.4. The molecule has 6 N–H and O–H groups in total. The summed E-state index contributed by atoms with van der Waals surface area (Å²) in [5, 5.41) is 16.4. The van der Waals surface area contributed by atoms with Crippen LogP contribution in [0.1, 0.15) is 107 Å². The number of imidazole rings is 1.